The van der Waals surface area contributed by atoms with Crippen molar-refractivity contribution in [3.63, 3.8) is 0 Å². The van der Waals surface area contributed by atoms with Crippen LogP contribution in [0.2, 0.25) is 5.02 Å². The highest BCUT2D eigenvalue weighted by Gasteiger charge is 2.35. The molecule has 0 aliphatic heterocycles. The molecule has 178 valence electrons. The molecule has 0 aromatic heterocycles. The molecular formula is C27H23ClN2O5. The second-order valence-electron chi connectivity index (χ2n) is 8.82. The van der Waals surface area contributed by atoms with Crippen molar-refractivity contribution in [3.05, 3.63) is 88.4 Å². The molecule has 0 atom stereocenters. The molecule has 2 amide bonds. The zero-order valence-electron chi connectivity index (χ0n) is 18.7. The Labute approximate surface area is 207 Å². The zero-order valence-corrected chi connectivity index (χ0v) is 19.4. The van der Waals surface area contributed by atoms with Gasteiger partial charge in [-0.1, -0.05) is 60.1 Å². The van der Waals surface area contributed by atoms with E-state index >= 15 is 0 Å². The number of carbonyl (C=O) groups is 3. The number of carboxylic acid groups (broad SMARTS) is 1. The second kappa shape index (κ2) is 9.43. The Morgan fingerprint density at radius 1 is 0.943 bits per heavy atom. The van der Waals surface area contributed by atoms with Crippen molar-refractivity contribution in [2.24, 2.45) is 5.92 Å². The number of nitrogens with one attached hydrogen (secondary N) is 2. The van der Waals surface area contributed by atoms with Gasteiger partial charge in [0.1, 0.15) is 6.61 Å². The Bertz CT molecular complexity index is 1270. The first-order valence-electron chi connectivity index (χ1n) is 11.4. The Hall–Kier alpha value is -3.84. The van der Waals surface area contributed by atoms with Gasteiger partial charge in [-0.25, -0.2) is 4.79 Å². The normalized spacial score (nSPS) is 18.1. The molecule has 3 aromatic carbocycles. The summed E-state index contributed by atoms with van der Waals surface area (Å²) in [5.74, 6) is -1.70. The fourth-order valence-electron chi connectivity index (χ4n) is 4.71. The summed E-state index contributed by atoms with van der Waals surface area (Å²) in [7, 11) is 0. The number of ether oxygens (including phenoxy) is 1. The summed E-state index contributed by atoms with van der Waals surface area (Å²) in [4.78, 5) is 36.1. The number of hydrogen-bond acceptors (Lipinski definition) is 4. The predicted molar refractivity (Wildman–Crippen MR) is 132 cm³/mol. The van der Waals surface area contributed by atoms with Crippen molar-refractivity contribution in [1.82, 2.24) is 5.32 Å². The first kappa shape index (κ1) is 22.9. The molecule has 7 nitrogen and oxygen atoms in total. The van der Waals surface area contributed by atoms with Crippen LogP contribution in [-0.4, -0.2) is 35.7 Å². The van der Waals surface area contributed by atoms with Crippen LogP contribution in [0.1, 0.15) is 40.2 Å². The minimum Gasteiger partial charge on any atom is -0.481 e. The van der Waals surface area contributed by atoms with E-state index in [0.717, 1.165) is 22.3 Å². The molecule has 0 radical (unpaired) electrons. The van der Waals surface area contributed by atoms with Crippen molar-refractivity contribution in [2.75, 3.05) is 11.9 Å². The average molecular weight is 491 g/mol. The van der Waals surface area contributed by atoms with Crippen LogP contribution in [0.4, 0.5) is 10.5 Å². The number of carbonyl (C=O) groups excluding carboxylic acids is 2. The Morgan fingerprint density at radius 3 is 2.20 bits per heavy atom. The van der Waals surface area contributed by atoms with Crippen molar-refractivity contribution in [2.45, 2.75) is 24.8 Å². The van der Waals surface area contributed by atoms with E-state index in [1.54, 1.807) is 6.07 Å². The third-order valence-corrected chi connectivity index (χ3v) is 6.96. The summed E-state index contributed by atoms with van der Waals surface area (Å²) in [6.07, 6.45) is 0.133. The highest BCUT2D eigenvalue weighted by molar-refractivity contribution is 6.33. The number of amides is 2. The van der Waals surface area contributed by atoms with Gasteiger partial charge in [0.15, 0.2) is 0 Å². The van der Waals surface area contributed by atoms with E-state index in [2.05, 4.69) is 22.8 Å². The van der Waals surface area contributed by atoms with E-state index in [4.69, 9.17) is 21.4 Å². The number of hydrogen-bond donors (Lipinski definition) is 3. The van der Waals surface area contributed by atoms with E-state index in [0.29, 0.717) is 18.4 Å². The molecular weight excluding hydrogens is 468 g/mol. The fraction of sp³-hybridized carbons (Fsp3) is 0.222. The fourth-order valence-corrected chi connectivity index (χ4v) is 4.88. The molecule has 2 aliphatic rings. The van der Waals surface area contributed by atoms with Crippen molar-refractivity contribution in [3.8, 4) is 11.1 Å². The highest BCUT2D eigenvalue weighted by atomic mass is 35.5. The van der Waals surface area contributed by atoms with Gasteiger partial charge in [-0.15, -0.1) is 0 Å². The first-order valence-corrected chi connectivity index (χ1v) is 11.7. The van der Waals surface area contributed by atoms with Crippen molar-refractivity contribution >= 4 is 35.3 Å². The number of anilines is 1. The third kappa shape index (κ3) is 4.59. The molecule has 0 heterocycles. The summed E-state index contributed by atoms with van der Waals surface area (Å²) in [5.41, 5.74) is 5.06. The molecule has 3 N–H and O–H groups in total. The van der Waals surface area contributed by atoms with Gasteiger partial charge in [0, 0.05) is 17.5 Å². The van der Waals surface area contributed by atoms with Crippen molar-refractivity contribution < 1.29 is 24.2 Å². The van der Waals surface area contributed by atoms with E-state index in [-0.39, 0.29) is 35.2 Å². The molecule has 0 saturated heterocycles. The lowest BCUT2D eigenvalue weighted by Crippen LogP contribution is -2.46. The van der Waals surface area contributed by atoms with Gasteiger partial charge in [0.2, 0.25) is 0 Å². The molecule has 8 heteroatoms. The molecule has 2 aliphatic carbocycles. The molecule has 1 saturated carbocycles. The molecule has 1 fully saturated rings. The van der Waals surface area contributed by atoms with Gasteiger partial charge in [-0.2, -0.15) is 0 Å². The standard InChI is InChI=1S/C27H23ClN2O5/c28-23-10-9-15(25(31)29-17-11-16(12-17)26(32)33)13-24(23)30-27(34)35-14-22-20-7-3-1-5-18(20)19-6-2-4-8-21(19)22/h1-10,13,16-17,22H,11-12,14H2,(H,29,31)(H,30,34)(H,32,33). The van der Waals surface area contributed by atoms with Gasteiger partial charge in [0.05, 0.1) is 16.6 Å². The zero-order chi connectivity index (χ0) is 24.5. The SMILES string of the molecule is O=C(Nc1cc(C(=O)NC2CC(C(=O)O)C2)ccc1Cl)OCC1c2ccccc2-c2ccccc21. The van der Waals surface area contributed by atoms with Gasteiger partial charge in [0.25, 0.3) is 5.91 Å². The highest BCUT2D eigenvalue weighted by Crippen LogP contribution is 2.44. The minimum absolute atomic E-state index is 0.0714. The average Bonchev–Trinajstić information content (AvgIpc) is 3.14. The van der Waals surface area contributed by atoms with Crippen molar-refractivity contribution in [1.29, 1.82) is 0 Å². The summed E-state index contributed by atoms with van der Waals surface area (Å²) < 4.78 is 5.56. The monoisotopic (exact) mass is 490 g/mol. The molecule has 0 unspecified atom stereocenters. The van der Waals surface area contributed by atoms with Gasteiger partial charge in [-0.3, -0.25) is 14.9 Å². The number of benzene rings is 3. The second-order valence-corrected chi connectivity index (χ2v) is 9.23. The number of carboxylic acids is 1. The minimum atomic E-state index is -0.850. The third-order valence-electron chi connectivity index (χ3n) is 6.63. The van der Waals surface area contributed by atoms with Crippen LogP contribution >= 0.6 is 11.6 Å². The number of rotatable bonds is 6. The van der Waals surface area contributed by atoms with Crippen LogP contribution in [0, 0.1) is 5.92 Å². The van der Waals surface area contributed by atoms with Crippen LogP contribution in [0.5, 0.6) is 0 Å². The van der Waals surface area contributed by atoms with Crippen LogP contribution in [-0.2, 0) is 9.53 Å². The summed E-state index contributed by atoms with van der Waals surface area (Å²) >= 11 is 6.24. The largest absolute Gasteiger partial charge is 0.481 e. The summed E-state index contributed by atoms with van der Waals surface area (Å²) in [6.45, 7) is 0.157. The molecule has 0 spiro atoms. The van der Waals surface area contributed by atoms with Gasteiger partial charge >= 0.3 is 12.1 Å². The molecule has 3 aromatic rings. The maximum Gasteiger partial charge on any atom is 0.411 e. The first-order chi connectivity index (χ1) is 16.9. The van der Waals surface area contributed by atoms with Crippen LogP contribution in [0.25, 0.3) is 11.1 Å². The molecule has 5 rings (SSSR count). The van der Waals surface area contributed by atoms with Crippen LogP contribution in [0.15, 0.2) is 66.7 Å². The number of fused-ring (bicyclic) bond motifs is 3. The maximum atomic E-state index is 12.6. The van der Waals surface area contributed by atoms with E-state index in [1.165, 1.54) is 12.1 Å². The van der Waals surface area contributed by atoms with Crippen LogP contribution in [0.3, 0.4) is 0 Å². The summed E-state index contributed by atoms with van der Waals surface area (Å²) in [5, 5.41) is 14.7. The number of halogens is 1. The number of aliphatic carboxylic acids is 1. The Morgan fingerprint density at radius 2 is 1.57 bits per heavy atom. The molecule has 35 heavy (non-hydrogen) atoms. The Kier molecular flexibility index (Phi) is 6.17. The van der Waals surface area contributed by atoms with Gasteiger partial charge < -0.3 is 15.2 Å². The quantitative estimate of drug-likeness (QED) is 0.435. The summed E-state index contributed by atoms with van der Waals surface area (Å²) in [6, 6.07) is 20.5. The van der Waals surface area contributed by atoms with Crippen LogP contribution < -0.4 is 10.6 Å². The molecule has 0 bridgehead atoms. The van der Waals surface area contributed by atoms with E-state index in [1.807, 2.05) is 36.4 Å². The van der Waals surface area contributed by atoms with Gasteiger partial charge in [-0.05, 0) is 53.3 Å². The lowest BCUT2D eigenvalue weighted by atomic mass is 9.80. The van der Waals surface area contributed by atoms with E-state index < -0.39 is 18.0 Å². The topological polar surface area (TPSA) is 105 Å². The van der Waals surface area contributed by atoms with E-state index in [9.17, 15) is 14.4 Å². The predicted octanol–water partition coefficient (Wildman–Crippen LogP) is 5.29. The lowest BCUT2D eigenvalue weighted by molar-refractivity contribution is -0.145. The lowest BCUT2D eigenvalue weighted by Gasteiger charge is -2.32. The maximum absolute atomic E-state index is 12.6. The Balaban J connectivity index is 1.22. The smallest absolute Gasteiger partial charge is 0.411 e.